The van der Waals surface area contributed by atoms with Gasteiger partial charge < -0.3 is 15.0 Å². The van der Waals surface area contributed by atoms with Crippen molar-refractivity contribution in [2.24, 2.45) is 5.10 Å². The molecule has 4 heterocycles. The zero-order valence-corrected chi connectivity index (χ0v) is 20.7. The summed E-state index contributed by atoms with van der Waals surface area (Å²) >= 11 is 6.56. The van der Waals surface area contributed by atoms with Gasteiger partial charge in [-0.2, -0.15) is 10.1 Å². The van der Waals surface area contributed by atoms with Crippen LogP contribution >= 0.6 is 11.6 Å². The summed E-state index contributed by atoms with van der Waals surface area (Å²) in [5.74, 6) is -0.0725. The second-order valence-corrected chi connectivity index (χ2v) is 8.58. The van der Waals surface area contributed by atoms with E-state index in [2.05, 4.69) is 40.8 Å². The van der Waals surface area contributed by atoms with E-state index in [1.807, 2.05) is 36.1 Å². The molecule has 188 valence electrons. The summed E-state index contributed by atoms with van der Waals surface area (Å²) in [6, 6.07) is 9.38. The number of anilines is 4. The van der Waals surface area contributed by atoms with Crippen LogP contribution in [0.2, 0.25) is 5.02 Å². The van der Waals surface area contributed by atoms with Crippen molar-refractivity contribution < 1.29 is 9.13 Å². The molecule has 0 bridgehead atoms. The number of halogens is 2. The van der Waals surface area contributed by atoms with Crippen LogP contribution in [-0.4, -0.2) is 57.4 Å². The SMILES string of the molecule is Cc1cc(-c2ccncn2)cc(Cl)c1Nc1ccc(/C=N/Nc2ncc(F)c(N3CCOCC3)n2)nc1. The average Bonchev–Trinajstić information content (AvgIpc) is 2.93. The number of morpholine rings is 1. The zero-order chi connectivity index (χ0) is 25.6. The normalized spacial score (nSPS) is 13.6. The Kier molecular flexibility index (Phi) is 7.43. The molecule has 0 radical (unpaired) electrons. The number of aryl methyl sites for hydroxylation is 1. The van der Waals surface area contributed by atoms with Crippen LogP contribution in [0.15, 0.2) is 60.4 Å². The molecule has 1 aliphatic rings. The second kappa shape index (κ2) is 11.2. The Balaban J connectivity index is 1.23. The first kappa shape index (κ1) is 24.5. The summed E-state index contributed by atoms with van der Waals surface area (Å²) in [7, 11) is 0. The fourth-order valence-electron chi connectivity index (χ4n) is 3.78. The van der Waals surface area contributed by atoms with Crippen LogP contribution in [0, 0.1) is 12.7 Å². The van der Waals surface area contributed by atoms with Crippen molar-refractivity contribution in [2.45, 2.75) is 6.92 Å². The standard InChI is InChI=1S/C25H23ClFN9O/c1-16-10-17(22-4-5-28-15-31-22)11-20(26)23(16)33-19-3-2-18(29-12-19)13-32-35-25-30-14-21(27)24(34-25)36-6-8-37-9-7-36/h2-5,10-15,33H,6-9H2,1H3,(H,30,34,35)/b32-13+. The predicted octanol–water partition coefficient (Wildman–Crippen LogP) is 4.46. The number of aromatic nitrogens is 5. The molecular formula is C25H23ClFN9O. The molecule has 0 atom stereocenters. The number of hydrogen-bond donors (Lipinski definition) is 2. The highest BCUT2D eigenvalue weighted by Crippen LogP contribution is 2.33. The Bertz CT molecular complexity index is 1370. The molecule has 4 aromatic rings. The van der Waals surface area contributed by atoms with Gasteiger partial charge in [-0.15, -0.1) is 0 Å². The Hall–Kier alpha value is -4.22. The van der Waals surface area contributed by atoms with Crippen molar-refractivity contribution >= 4 is 41.0 Å². The summed E-state index contributed by atoms with van der Waals surface area (Å²) in [6.45, 7) is 4.17. The second-order valence-electron chi connectivity index (χ2n) is 8.18. The average molecular weight is 520 g/mol. The maximum absolute atomic E-state index is 14.2. The minimum Gasteiger partial charge on any atom is -0.378 e. The Morgan fingerprint density at radius 2 is 1.97 bits per heavy atom. The summed E-state index contributed by atoms with van der Waals surface area (Å²) in [5.41, 5.74) is 7.56. The maximum Gasteiger partial charge on any atom is 0.245 e. The van der Waals surface area contributed by atoms with Gasteiger partial charge in [-0.3, -0.25) is 4.98 Å². The molecule has 0 amide bonds. The van der Waals surface area contributed by atoms with Crippen LogP contribution in [0.25, 0.3) is 11.3 Å². The number of benzene rings is 1. The molecule has 1 fully saturated rings. The molecule has 1 aromatic carbocycles. The molecule has 0 spiro atoms. The summed E-state index contributed by atoms with van der Waals surface area (Å²) < 4.78 is 19.5. The molecule has 0 aliphatic carbocycles. The van der Waals surface area contributed by atoms with Gasteiger partial charge in [-0.05, 0) is 42.8 Å². The molecular weight excluding hydrogens is 497 g/mol. The lowest BCUT2D eigenvalue weighted by Crippen LogP contribution is -2.37. The lowest BCUT2D eigenvalue weighted by atomic mass is 10.1. The summed E-state index contributed by atoms with van der Waals surface area (Å²) in [6.07, 6.45) is 7.53. The fourth-order valence-corrected chi connectivity index (χ4v) is 4.09. The summed E-state index contributed by atoms with van der Waals surface area (Å²) in [5, 5.41) is 8.01. The van der Waals surface area contributed by atoms with Crippen molar-refractivity contribution in [2.75, 3.05) is 41.9 Å². The van der Waals surface area contributed by atoms with Gasteiger partial charge in [-0.25, -0.2) is 24.8 Å². The van der Waals surface area contributed by atoms with E-state index in [0.717, 1.165) is 34.4 Å². The van der Waals surface area contributed by atoms with Crippen LogP contribution in [0.4, 0.5) is 27.5 Å². The van der Waals surface area contributed by atoms with E-state index in [1.54, 1.807) is 18.5 Å². The van der Waals surface area contributed by atoms with Crippen LogP contribution in [0.5, 0.6) is 0 Å². The quantitative estimate of drug-likeness (QED) is 0.270. The van der Waals surface area contributed by atoms with E-state index >= 15 is 0 Å². The third-order valence-electron chi connectivity index (χ3n) is 5.62. The third kappa shape index (κ3) is 5.96. The number of rotatable bonds is 7. The minimum absolute atomic E-state index is 0.188. The maximum atomic E-state index is 14.2. The van der Waals surface area contributed by atoms with E-state index < -0.39 is 5.82 Å². The topological polar surface area (TPSA) is 113 Å². The van der Waals surface area contributed by atoms with Crippen molar-refractivity contribution in [3.8, 4) is 11.3 Å². The molecule has 12 heteroatoms. The molecule has 2 N–H and O–H groups in total. The largest absolute Gasteiger partial charge is 0.378 e. The van der Waals surface area contributed by atoms with Gasteiger partial charge in [0.05, 0.1) is 59.6 Å². The van der Waals surface area contributed by atoms with Crippen LogP contribution in [-0.2, 0) is 4.74 Å². The van der Waals surface area contributed by atoms with E-state index in [0.29, 0.717) is 37.0 Å². The molecule has 0 saturated carbocycles. The monoisotopic (exact) mass is 519 g/mol. The molecule has 0 unspecified atom stereocenters. The van der Waals surface area contributed by atoms with Gasteiger partial charge >= 0.3 is 0 Å². The highest BCUT2D eigenvalue weighted by atomic mass is 35.5. The van der Waals surface area contributed by atoms with Gasteiger partial charge in [0.25, 0.3) is 0 Å². The first-order chi connectivity index (χ1) is 18.1. The molecule has 5 rings (SSSR count). The molecule has 37 heavy (non-hydrogen) atoms. The predicted molar refractivity (Wildman–Crippen MR) is 141 cm³/mol. The van der Waals surface area contributed by atoms with Crippen molar-refractivity contribution in [1.29, 1.82) is 0 Å². The number of nitrogens with one attached hydrogen (secondary N) is 2. The van der Waals surface area contributed by atoms with Gasteiger partial charge in [0, 0.05) is 24.8 Å². The Morgan fingerprint density at radius 3 is 2.70 bits per heavy atom. The number of ether oxygens (including phenoxy) is 1. The van der Waals surface area contributed by atoms with Gasteiger partial charge in [0.2, 0.25) is 5.95 Å². The minimum atomic E-state index is -0.486. The van der Waals surface area contributed by atoms with Gasteiger partial charge in [0.1, 0.15) is 6.33 Å². The van der Waals surface area contributed by atoms with E-state index in [9.17, 15) is 4.39 Å². The van der Waals surface area contributed by atoms with E-state index in [1.165, 1.54) is 12.5 Å². The first-order valence-corrected chi connectivity index (χ1v) is 11.9. The number of hydrazone groups is 1. The van der Waals surface area contributed by atoms with E-state index in [4.69, 9.17) is 16.3 Å². The Labute approximate surface area is 217 Å². The number of pyridine rings is 1. The van der Waals surface area contributed by atoms with Crippen molar-refractivity contribution in [1.82, 2.24) is 24.9 Å². The molecule has 3 aromatic heterocycles. The van der Waals surface area contributed by atoms with Gasteiger partial charge in [-0.1, -0.05) is 11.6 Å². The van der Waals surface area contributed by atoms with Crippen LogP contribution in [0.1, 0.15) is 11.3 Å². The first-order valence-electron chi connectivity index (χ1n) is 11.5. The van der Waals surface area contributed by atoms with Crippen molar-refractivity contribution in [3.05, 3.63) is 77.3 Å². The molecule has 1 aliphatic heterocycles. The molecule has 10 nitrogen and oxygen atoms in total. The molecule has 1 saturated heterocycles. The fraction of sp³-hybridized carbons (Fsp3) is 0.200. The third-order valence-corrected chi connectivity index (χ3v) is 5.92. The lowest BCUT2D eigenvalue weighted by molar-refractivity contribution is 0.122. The zero-order valence-electron chi connectivity index (χ0n) is 19.9. The van der Waals surface area contributed by atoms with Crippen LogP contribution in [0.3, 0.4) is 0 Å². The van der Waals surface area contributed by atoms with Gasteiger partial charge in [0.15, 0.2) is 11.6 Å². The number of hydrogen-bond acceptors (Lipinski definition) is 10. The highest BCUT2D eigenvalue weighted by molar-refractivity contribution is 6.33. The number of nitrogens with zero attached hydrogens (tertiary/aromatic N) is 7. The smallest absolute Gasteiger partial charge is 0.245 e. The van der Waals surface area contributed by atoms with E-state index in [-0.39, 0.29) is 11.8 Å². The highest BCUT2D eigenvalue weighted by Gasteiger charge is 2.17. The lowest BCUT2D eigenvalue weighted by Gasteiger charge is -2.27. The van der Waals surface area contributed by atoms with Crippen LogP contribution < -0.4 is 15.6 Å². The van der Waals surface area contributed by atoms with Crippen molar-refractivity contribution in [3.63, 3.8) is 0 Å². The Morgan fingerprint density at radius 1 is 1.11 bits per heavy atom. The summed E-state index contributed by atoms with van der Waals surface area (Å²) in [4.78, 5) is 22.6.